The first kappa shape index (κ1) is 22.4. The predicted octanol–water partition coefficient (Wildman–Crippen LogP) is 3.25. The van der Waals surface area contributed by atoms with Crippen molar-refractivity contribution in [1.29, 1.82) is 0 Å². The molecule has 0 aromatic heterocycles. The Hall–Kier alpha value is -0.650. The van der Waals surface area contributed by atoms with Crippen LogP contribution in [0.1, 0.15) is 89.9 Å². The first-order chi connectivity index (χ1) is 11.1. The van der Waals surface area contributed by atoms with Gasteiger partial charge in [0.2, 0.25) is 0 Å². The summed E-state index contributed by atoms with van der Waals surface area (Å²) in [7, 11) is 0. The summed E-state index contributed by atoms with van der Waals surface area (Å²) < 4.78 is 0. The minimum atomic E-state index is -0.739. The molecule has 4 N–H and O–H groups in total. The number of hydrogen-bond acceptors (Lipinski definition) is 4. The summed E-state index contributed by atoms with van der Waals surface area (Å²) in [6, 6.07) is 0. The number of aliphatic hydroxyl groups is 3. The highest BCUT2D eigenvalue weighted by Crippen LogP contribution is 2.15. The van der Waals surface area contributed by atoms with Gasteiger partial charge >= 0.3 is 5.97 Å². The maximum Gasteiger partial charge on any atom is 0.303 e. The van der Waals surface area contributed by atoms with Crippen molar-refractivity contribution in [2.24, 2.45) is 0 Å². The number of carboxylic acids is 1. The Kier molecular flexibility index (Phi) is 15.8. The standard InChI is InChI=1S/C18H36O5/c19-15-11-7-2-1-4-8-12-16(20)17(21)13-9-5-3-6-10-14-18(22)23/h16-17,19-21H,1-15H2,(H,22,23)/t16-,17+/m1/s1. The second-order valence-electron chi connectivity index (χ2n) is 6.47. The third-order valence-electron chi connectivity index (χ3n) is 4.24. The number of aliphatic carboxylic acids is 1. The molecule has 0 radical (unpaired) electrons. The molecule has 5 heteroatoms. The highest BCUT2D eigenvalue weighted by molar-refractivity contribution is 5.66. The molecule has 138 valence electrons. The third-order valence-corrected chi connectivity index (χ3v) is 4.24. The molecule has 0 rings (SSSR count). The lowest BCUT2D eigenvalue weighted by atomic mass is 9.99. The van der Waals surface area contributed by atoms with Crippen molar-refractivity contribution in [2.45, 2.75) is 102 Å². The van der Waals surface area contributed by atoms with E-state index in [1.807, 2.05) is 0 Å². The zero-order chi connectivity index (χ0) is 17.3. The topological polar surface area (TPSA) is 98.0 Å². The van der Waals surface area contributed by atoms with E-state index in [1.165, 1.54) is 0 Å². The van der Waals surface area contributed by atoms with Crippen molar-refractivity contribution < 1.29 is 25.2 Å². The fraction of sp³-hybridized carbons (Fsp3) is 0.944. The third kappa shape index (κ3) is 16.0. The monoisotopic (exact) mass is 332 g/mol. The Bertz CT molecular complexity index is 270. The van der Waals surface area contributed by atoms with Gasteiger partial charge in [-0.3, -0.25) is 4.79 Å². The van der Waals surface area contributed by atoms with Gasteiger partial charge in [0.05, 0.1) is 12.2 Å². The molecule has 0 aliphatic rings. The molecular weight excluding hydrogens is 296 g/mol. The van der Waals surface area contributed by atoms with Gasteiger partial charge in [0.25, 0.3) is 0 Å². The van der Waals surface area contributed by atoms with Crippen LogP contribution < -0.4 is 0 Å². The average molecular weight is 332 g/mol. The van der Waals surface area contributed by atoms with Crippen LogP contribution in [-0.2, 0) is 4.79 Å². The van der Waals surface area contributed by atoms with Crippen LogP contribution in [0.3, 0.4) is 0 Å². The van der Waals surface area contributed by atoms with E-state index in [9.17, 15) is 15.0 Å². The highest BCUT2D eigenvalue weighted by atomic mass is 16.4. The lowest BCUT2D eigenvalue weighted by molar-refractivity contribution is -0.137. The SMILES string of the molecule is O=C(O)CCCCCCC[C@H](O)[C@H](O)CCCCCCCCO. The number of hydrogen-bond donors (Lipinski definition) is 4. The highest BCUT2D eigenvalue weighted by Gasteiger charge is 2.15. The molecule has 0 aromatic carbocycles. The second-order valence-corrected chi connectivity index (χ2v) is 6.47. The first-order valence-corrected chi connectivity index (χ1v) is 9.26. The minimum absolute atomic E-state index is 0.237. The van der Waals surface area contributed by atoms with E-state index >= 15 is 0 Å². The number of rotatable bonds is 17. The predicted molar refractivity (Wildman–Crippen MR) is 91.4 cm³/mol. The molecule has 5 nitrogen and oxygen atoms in total. The van der Waals surface area contributed by atoms with Crippen LogP contribution in [0.15, 0.2) is 0 Å². The van der Waals surface area contributed by atoms with Crippen LogP contribution in [0.4, 0.5) is 0 Å². The molecule has 0 heterocycles. The van der Waals surface area contributed by atoms with Gasteiger partial charge in [0.1, 0.15) is 0 Å². The Labute approximate surface area is 140 Å². The van der Waals surface area contributed by atoms with Crippen LogP contribution in [-0.4, -0.2) is 45.2 Å². The van der Waals surface area contributed by atoms with Gasteiger partial charge in [-0.25, -0.2) is 0 Å². The van der Waals surface area contributed by atoms with Gasteiger partial charge in [-0.15, -0.1) is 0 Å². The summed E-state index contributed by atoms with van der Waals surface area (Å²) in [6.07, 6.45) is 10.9. The van der Waals surface area contributed by atoms with Gasteiger partial charge in [-0.05, 0) is 25.7 Å². The van der Waals surface area contributed by atoms with Crippen LogP contribution >= 0.6 is 0 Å². The van der Waals surface area contributed by atoms with E-state index in [0.29, 0.717) is 12.8 Å². The quantitative estimate of drug-likeness (QED) is 0.307. The molecule has 0 fully saturated rings. The normalized spacial score (nSPS) is 13.9. The molecule has 0 amide bonds. The zero-order valence-corrected chi connectivity index (χ0v) is 14.5. The number of carbonyl (C=O) groups is 1. The van der Waals surface area contributed by atoms with Gasteiger partial charge in [-0.1, -0.05) is 57.8 Å². The van der Waals surface area contributed by atoms with Gasteiger partial charge in [0.15, 0.2) is 0 Å². The molecule has 0 saturated carbocycles. The number of carboxylic acid groups (broad SMARTS) is 1. The van der Waals surface area contributed by atoms with Crippen LogP contribution in [0.25, 0.3) is 0 Å². The van der Waals surface area contributed by atoms with E-state index in [1.54, 1.807) is 0 Å². The summed E-state index contributed by atoms with van der Waals surface area (Å²) >= 11 is 0. The molecule has 2 atom stereocenters. The van der Waals surface area contributed by atoms with E-state index in [0.717, 1.165) is 70.6 Å². The average Bonchev–Trinajstić information content (AvgIpc) is 2.52. The van der Waals surface area contributed by atoms with Crippen LogP contribution in [0, 0.1) is 0 Å². The number of aliphatic hydroxyl groups excluding tert-OH is 3. The van der Waals surface area contributed by atoms with Crippen molar-refractivity contribution >= 4 is 5.97 Å². The van der Waals surface area contributed by atoms with E-state index in [2.05, 4.69) is 0 Å². The Balaban J connectivity index is 3.37. The van der Waals surface area contributed by atoms with Gasteiger partial charge < -0.3 is 20.4 Å². The maximum absolute atomic E-state index is 10.4. The van der Waals surface area contributed by atoms with E-state index in [-0.39, 0.29) is 13.0 Å². The van der Waals surface area contributed by atoms with E-state index in [4.69, 9.17) is 10.2 Å². The fourth-order valence-corrected chi connectivity index (χ4v) is 2.72. The Morgan fingerprint density at radius 3 is 1.48 bits per heavy atom. The smallest absolute Gasteiger partial charge is 0.303 e. The van der Waals surface area contributed by atoms with Crippen molar-refractivity contribution in [3.05, 3.63) is 0 Å². The molecule has 23 heavy (non-hydrogen) atoms. The zero-order valence-electron chi connectivity index (χ0n) is 14.5. The molecule has 0 unspecified atom stereocenters. The molecule has 0 aliphatic carbocycles. The molecular formula is C18H36O5. The summed E-state index contributed by atoms with van der Waals surface area (Å²) in [6.45, 7) is 0.268. The Morgan fingerprint density at radius 1 is 0.652 bits per heavy atom. The van der Waals surface area contributed by atoms with Gasteiger partial charge in [-0.2, -0.15) is 0 Å². The van der Waals surface area contributed by atoms with Crippen molar-refractivity contribution in [3.63, 3.8) is 0 Å². The van der Waals surface area contributed by atoms with E-state index < -0.39 is 18.2 Å². The summed E-state index contributed by atoms with van der Waals surface area (Å²) in [5, 5.41) is 37.0. The molecule has 0 spiro atoms. The lowest BCUT2D eigenvalue weighted by Crippen LogP contribution is -2.25. The summed E-state index contributed by atoms with van der Waals surface area (Å²) in [5.41, 5.74) is 0. The van der Waals surface area contributed by atoms with Crippen molar-refractivity contribution in [2.75, 3.05) is 6.61 Å². The van der Waals surface area contributed by atoms with Crippen LogP contribution in [0.5, 0.6) is 0 Å². The largest absolute Gasteiger partial charge is 0.481 e. The molecule has 0 saturated heterocycles. The molecule has 0 aliphatic heterocycles. The van der Waals surface area contributed by atoms with Gasteiger partial charge in [0, 0.05) is 13.0 Å². The summed E-state index contributed by atoms with van der Waals surface area (Å²) in [4.78, 5) is 10.4. The first-order valence-electron chi connectivity index (χ1n) is 9.26. The molecule has 0 bridgehead atoms. The van der Waals surface area contributed by atoms with Crippen molar-refractivity contribution in [1.82, 2.24) is 0 Å². The second kappa shape index (κ2) is 16.2. The Morgan fingerprint density at radius 2 is 1.04 bits per heavy atom. The lowest BCUT2D eigenvalue weighted by Gasteiger charge is -2.17. The number of unbranched alkanes of at least 4 members (excludes halogenated alkanes) is 9. The summed E-state index contributed by atoms with van der Waals surface area (Å²) in [5.74, 6) is -0.739. The minimum Gasteiger partial charge on any atom is -0.481 e. The maximum atomic E-state index is 10.4. The van der Waals surface area contributed by atoms with Crippen LogP contribution in [0.2, 0.25) is 0 Å². The molecule has 0 aromatic rings. The van der Waals surface area contributed by atoms with Crippen molar-refractivity contribution in [3.8, 4) is 0 Å². The fourth-order valence-electron chi connectivity index (χ4n) is 2.72.